The summed E-state index contributed by atoms with van der Waals surface area (Å²) < 4.78 is 6.69. The molecule has 2 unspecified atom stereocenters. The van der Waals surface area contributed by atoms with Crippen molar-refractivity contribution in [3.8, 4) is 0 Å². The number of nitrogens with zero attached hydrogens (tertiary/aromatic N) is 2. The van der Waals surface area contributed by atoms with Crippen LogP contribution in [-0.4, -0.2) is 28.2 Å². The van der Waals surface area contributed by atoms with Crippen LogP contribution in [0.2, 0.25) is 0 Å². The quantitative estimate of drug-likeness (QED) is 0.706. The van der Waals surface area contributed by atoms with Gasteiger partial charge in [0.1, 0.15) is 5.69 Å². The molecule has 0 aliphatic heterocycles. The van der Waals surface area contributed by atoms with Gasteiger partial charge in [0.15, 0.2) is 0 Å². The number of esters is 1. The van der Waals surface area contributed by atoms with Crippen molar-refractivity contribution in [2.75, 3.05) is 6.61 Å². The summed E-state index contributed by atoms with van der Waals surface area (Å²) >= 11 is 0. The van der Waals surface area contributed by atoms with E-state index in [9.17, 15) is 4.79 Å². The van der Waals surface area contributed by atoms with Gasteiger partial charge < -0.3 is 15.0 Å². The van der Waals surface area contributed by atoms with Crippen molar-refractivity contribution >= 4 is 5.97 Å². The lowest BCUT2D eigenvalue weighted by atomic mass is 10.4. The summed E-state index contributed by atoms with van der Waals surface area (Å²) in [5.74, 6) is -0.330. The summed E-state index contributed by atoms with van der Waals surface area (Å²) in [6.45, 7) is 2.15. The molecule has 5 nitrogen and oxygen atoms in total. The van der Waals surface area contributed by atoms with Crippen LogP contribution < -0.4 is 5.73 Å². The van der Waals surface area contributed by atoms with E-state index in [-0.39, 0.29) is 18.1 Å². The predicted octanol–water partition coefficient (Wildman–Crippen LogP) is 0.332. The van der Waals surface area contributed by atoms with Crippen molar-refractivity contribution in [1.29, 1.82) is 0 Å². The molecule has 2 rings (SSSR count). The third-order valence-electron chi connectivity index (χ3n) is 2.31. The number of hydrogen-bond acceptors (Lipinski definition) is 4. The fraction of sp³-hybridized carbons (Fsp3) is 0.556. The number of imidazole rings is 1. The number of hydrogen-bond donors (Lipinski definition) is 1. The summed E-state index contributed by atoms with van der Waals surface area (Å²) in [7, 11) is 0. The van der Waals surface area contributed by atoms with E-state index >= 15 is 0 Å². The van der Waals surface area contributed by atoms with Gasteiger partial charge in [-0.1, -0.05) is 0 Å². The molecule has 0 aromatic carbocycles. The van der Waals surface area contributed by atoms with E-state index in [1.54, 1.807) is 17.8 Å². The number of ether oxygens (including phenoxy) is 1. The minimum Gasteiger partial charge on any atom is -0.461 e. The molecule has 76 valence electrons. The molecule has 5 heteroatoms. The lowest BCUT2D eigenvalue weighted by Gasteiger charge is -2.05. The monoisotopic (exact) mass is 195 g/mol. The highest BCUT2D eigenvalue weighted by molar-refractivity contribution is 5.87. The number of nitrogens with two attached hydrogens (primary N) is 1. The van der Waals surface area contributed by atoms with E-state index in [0.717, 1.165) is 6.42 Å². The summed E-state index contributed by atoms with van der Waals surface area (Å²) in [5.41, 5.74) is 6.19. The number of carbonyl (C=O) groups excluding carboxylic acids is 1. The minimum atomic E-state index is -0.330. The van der Waals surface area contributed by atoms with Crippen LogP contribution in [0.25, 0.3) is 0 Å². The van der Waals surface area contributed by atoms with Crippen LogP contribution in [0.4, 0.5) is 0 Å². The second kappa shape index (κ2) is 3.42. The van der Waals surface area contributed by atoms with Crippen molar-refractivity contribution < 1.29 is 9.53 Å². The Balaban J connectivity index is 2.17. The molecular weight excluding hydrogens is 182 g/mol. The molecule has 1 aromatic heterocycles. The van der Waals surface area contributed by atoms with Crippen LogP contribution in [0.5, 0.6) is 0 Å². The van der Waals surface area contributed by atoms with E-state index in [4.69, 9.17) is 10.5 Å². The van der Waals surface area contributed by atoms with Gasteiger partial charge in [-0.25, -0.2) is 9.78 Å². The van der Waals surface area contributed by atoms with Crippen molar-refractivity contribution in [3.63, 3.8) is 0 Å². The van der Waals surface area contributed by atoms with E-state index in [2.05, 4.69) is 4.98 Å². The van der Waals surface area contributed by atoms with Crippen LogP contribution in [0.15, 0.2) is 12.5 Å². The number of aromatic nitrogens is 2. The summed E-state index contributed by atoms with van der Waals surface area (Å²) in [5, 5.41) is 0. The van der Waals surface area contributed by atoms with Crippen LogP contribution in [0.1, 0.15) is 29.9 Å². The van der Waals surface area contributed by atoms with Gasteiger partial charge in [-0.3, -0.25) is 0 Å². The molecule has 0 amide bonds. The first kappa shape index (κ1) is 9.21. The normalized spacial score (nSPS) is 24.7. The standard InChI is InChI=1S/C9H13N3O2/c1-2-14-9(13)8-4-11-5-12(8)7-3-6(7)10/h4-7H,2-3,10H2,1H3. The zero-order valence-electron chi connectivity index (χ0n) is 8.01. The lowest BCUT2D eigenvalue weighted by Crippen LogP contribution is -2.13. The summed E-state index contributed by atoms with van der Waals surface area (Å²) in [4.78, 5) is 15.4. The number of rotatable bonds is 3. The topological polar surface area (TPSA) is 70.1 Å². The van der Waals surface area contributed by atoms with Gasteiger partial charge >= 0.3 is 5.97 Å². The fourth-order valence-corrected chi connectivity index (χ4v) is 1.45. The Labute approximate surface area is 81.9 Å². The van der Waals surface area contributed by atoms with Crippen LogP contribution in [0.3, 0.4) is 0 Å². The van der Waals surface area contributed by atoms with Gasteiger partial charge in [0.25, 0.3) is 0 Å². The van der Waals surface area contributed by atoms with E-state index in [0.29, 0.717) is 12.3 Å². The predicted molar refractivity (Wildman–Crippen MR) is 49.8 cm³/mol. The van der Waals surface area contributed by atoms with Crippen LogP contribution >= 0.6 is 0 Å². The molecule has 1 aromatic rings. The molecule has 2 N–H and O–H groups in total. The highest BCUT2D eigenvalue weighted by Crippen LogP contribution is 2.34. The maximum atomic E-state index is 11.4. The van der Waals surface area contributed by atoms with E-state index < -0.39 is 0 Å². The molecule has 0 bridgehead atoms. The molecule has 1 heterocycles. The highest BCUT2D eigenvalue weighted by atomic mass is 16.5. The first-order valence-corrected chi connectivity index (χ1v) is 4.68. The molecule has 2 atom stereocenters. The molecule has 0 spiro atoms. The van der Waals surface area contributed by atoms with E-state index in [1.165, 1.54) is 6.20 Å². The van der Waals surface area contributed by atoms with Crippen molar-refractivity contribution in [3.05, 3.63) is 18.2 Å². The summed E-state index contributed by atoms with van der Waals surface area (Å²) in [6, 6.07) is 0.370. The SMILES string of the molecule is CCOC(=O)c1cncn1C1CC1N. The first-order chi connectivity index (χ1) is 6.74. The second-order valence-corrected chi connectivity index (χ2v) is 3.37. The Hall–Kier alpha value is -1.36. The largest absolute Gasteiger partial charge is 0.461 e. The third-order valence-corrected chi connectivity index (χ3v) is 2.31. The van der Waals surface area contributed by atoms with Crippen molar-refractivity contribution in [1.82, 2.24) is 9.55 Å². The third kappa shape index (κ3) is 1.50. The van der Waals surface area contributed by atoms with Gasteiger partial charge in [-0.15, -0.1) is 0 Å². The Bertz CT molecular complexity index is 348. The molecule has 1 aliphatic carbocycles. The lowest BCUT2D eigenvalue weighted by molar-refractivity contribution is 0.0513. The van der Waals surface area contributed by atoms with Gasteiger partial charge in [-0.05, 0) is 13.3 Å². The summed E-state index contributed by atoms with van der Waals surface area (Å²) in [6.07, 6.45) is 4.05. The smallest absolute Gasteiger partial charge is 0.356 e. The second-order valence-electron chi connectivity index (χ2n) is 3.37. The number of carbonyl (C=O) groups is 1. The van der Waals surface area contributed by atoms with Gasteiger partial charge in [0, 0.05) is 6.04 Å². The first-order valence-electron chi connectivity index (χ1n) is 4.68. The van der Waals surface area contributed by atoms with Gasteiger partial charge in [-0.2, -0.15) is 0 Å². The Kier molecular flexibility index (Phi) is 2.25. The molecule has 0 saturated heterocycles. The molecule has 0 radical (unpaired) electrons. The molecule has 14 heavy (non-hydrogen) atoms. The average Bonchev–Trinajstić information content (AvgIpc) is 2.70. The maximum Gasteiger partial charge on any atom is 0.356 e. The Morgan fingerprint density at radius 3 is 3.14 bits per heavy atom. The van der Waals surface area contributed by atoms with Crippen molar-refractivity contribution in [2.45, 2.75) is 25.4 Å². The average molecular weight is 195 g/mol. The van der Waals surface area contributed by atoms with Gasteiger partial charge in [0.05, 0.1) is 25.2 Å². The van der Waals surface area contributed by atoms with Gasteiger partial charge in [0.2, 0.25) is 0 Å². The molecule has 1 fully saturated rings. The molecule has 1 saturated carbocycles. The highest BCUT2D eigenvalue weighted by Gasteiger charge is 2.37. The zero-order chi connectivity index (χ0) is 10.1. The van der Waals surface area contributed by atoms with Crippen LogP contribution in [-0.2, 0) is 4.74 Å². The molecular formula is C9H13N3O2. The zero-order valence-corrected chi connectivity index (χ0v) is 8.01. The minimum absolute atomic E-state index is 0.150. The molecule has 1 aliphatic rings. The Morgan fingerprint density at radius 2 is 2.57 bits per heavy atom. The van der Waals surface area contributed by atoms with Crippen molar-refractivity contribution in [2.24, 2.45) is 5.73 Å². The Morgan fingerprint density at radius 1 is 1.86 bits per heavy atom. The maximum absolute atomic E-state index is 11.4. The van der Waals surface area contributed by atoms with Crippen LogP contribution in [0, 0.1) is 0 Å². The van der Waals surface area contributed by atoms with E-state index in [1.807, 2.05) is 0 Å². The fourth-order valence-electron chi connectivity index (χ4n) is 1.45.